The van der Waals surface area contributed by atoms with Crippen molar-refractivity contribution >= 4 is 11.3 Å². The molecule has 2 heterocycles. The molecule has 0 bridgehead atoms. The molecule has 0 amide bonds. The van der Waals surface area contributed by atoms with E-state index in [9.17, 15) is 5.11 Å². The number of methoxy groups -OCH3 is 1. The van der Waals surface area contributed by atoms with Crippen LogP contribution in [0.5, 0.6) is 11.5 Å². The SMILES string of the molecule is COc1ccccc1OCC(O)CNCC1(c2cccs2)CCOCC1. The molecule has 5 nitrogen and oxygen atoms in total. The van der Waals surface area contributed by atoms with Crippen LogP contribution in [0, 0.1) is 0 Å². The molecule has 1 aromatic carbocycles. The molecule has 3 rings (SSSR count). The molecule has 0 radical (unpaired) electrons. The lowest BCUT2D eigenvalue weighted by atomic mass is 9.78. The van der Waals surface area contributed by atoms with E-state index in [4.69, 9.17) is 14.2 Å². The molecule has 1 aliphatic heterocycles. The van der Waals surface area contributed by atoms with E-state index in [1.165, 1.54) is 4.88 Å². The average Bonchev–Trinajstić information content (AvgIpc) is 3.23. The Bertz CT molecular complexity index is 656. The quantitative estimate of drug-likeness (QED) is 0.704. The summed E-state index contributed by atoms with van der Waals surface area (Å²) in [5.41, 5.74) is 0.107. The lowest BCUT2D eigenvalue weighted by Gasteiger charge is -2.37. The molecule has 1 unspecified atom stereocenters. The summed E-state index contributed by atoms with van der Waals surface area (Å²) in [6, 6.07) is 11.8. The van der Waals surface area contributed by atoms with Crippen LogP contribution in [-0.4, -0.2) is 51.2 Å². The van der Waals surface area contributed by atoms with Gasteiger partial charge in [-0.15, -0.1) is 11.3 Å². The highest BCUT2D eigenvalue weighted by Crippen LogP contribution is 2.37. The van der Waals surface area contributed by atoms with Gasteiger partial charge in [0.05, 0.1) is 7.11 Å². The summed E-state index contributed by atoms with van der Waals surface area (Å²) in [6.07, 6.45) is 1.43. The van der Waals surface area contributed by atoms with Gasteiger partial charge in [0.15, 0.2) is 11.5 Å². The summed E-state index contributed by atoms with van der Waals surface area (Å²) >= 11 is 1.80. The van der Waals surface area contributed by atoms with Crippen LogP contribution in [0.25, 0.3) is 0 Å². The molecule has 2 aromatic rings. The minimum Gasteiger partial charge on any atom is -0.493 e. The summed E-state index contributed by atoms with van der Waals surface area (Å²) in [4.78, 5) is 1.40. The number of hydrogen-bond donors (Lipinski definition) is 2. The van der Waals surface area contributed by atoms with Crippen LogP contribution in [0.15, 0.2) is 41.8 Å². The van der Waals surface area contributed by atoms with E-state index in [0.717, 1.165) is 32.6 Å². The zero-order chi connectivity index (χ0) is 18.2. The van der Waals surface area contributed by atoms with Crippen LogP contribution in [0.2, 0.25) is 0 Å². The third-order valence-corrected chi connectivity index (χ3v) is 5.95. The van der Waals surface area contributed by atoms with Crippen molar-refractivity contribution in [1.29, 1.82) is 0 Å². The fraction of sp³-hybridized carbons (Fsp3) is 0.500. The Kier molecular flexibility index (Phi) is 6.91. The second-order valence-corrected chi connectivity index (χ2v) is 7.56. The minimum absolute atomic E-state index is 0.107. The number of aliphatic hydroxyl groups excluding tert-OH is 1. The number of benzene rings is 1. The molecule has 26 heavy (non-hydrogen) atoms. The zero-order valence-electron chi connectivity index (χ0n) is 15.1. The summed E-state index contributed by atoms with van der Waals surface area (Å²) in [5, 5.41) is 15.8. The van der Waals surface area contributed by atoms with E-state index in [1.807, 2.05) is 24.3 Å². The lowest BCUT2D eigenvalue weighted by Crippen LogP contribution is -2.44. The number of ether oxygens (including phenoxy) is 3. The summed E-state index contributed by atoms with van der Waals surface area (Å²) in [6.45, 7) is 3.13. The van der Waals surface area contributed by atoms with Gasteiger partial charge < -0.3 is 24.6 Å². The first-order valence-corrected chi connectivity index (χ1v) is 9.88. The molecule has 2 N–H and O–H groups in total. The maximum absolute atomic E-state index is 10.3. The molecule has 0 spiro atoms. The molecular formula is C20H27NO4S. The molecule has 1 aromatic heterocycles. The van der Waals surface area contributed by atoms with Crippen LogP contribution in [0.3, 0.4) is 0 Å². The predicted molar refractivity (Wildman–Crippen MR) is 103 cm³/mol. The highest BCUT2D eigenvalue weighted by Gasteiger charge is 2.35. The first-order chi connectivity index (χ1) is 12.7. The fourth-order valence-electron chi connectivity index (χ4n) is 3.31. The topological polar surface area (TPSA) is 60.0 Å². The molecule has 1 saturated heterocycles. The van der Waals surface area contributed by atoms with E-state index in [-0.39, 0.29) is 12.0 Å². The van der Waals surface area contributed by atoms with Gasteiger partial charge in [0, 0.05) is 36.6 Å². The van der Waals surface area contributed by atoms with Gasteiger partial charge in [-0.2, -0.15) is 0 Å². The largest absolute Gasteiger partial charge is 0.493 e. The fourth-order valence-corrected chi connectivity index (χ4v) is 4.30. The maximum atomic E-state index is 10.3. The first-order valence-electron chi connectivity index (χ1n) is 9.00. The van der Waals surface area contributed by atoms with Crippen molar-refractivity contribution in [3.63, 3.8) is 0 Å². The van der Waals surface area contributed by atoms with Crippen LogP contribution in [0.1, 0.15) is 17.7 Å². The molecule has 1 atom stereocenters. The molecule has 142 valence electrons. The number of rotatable bonds is 9. The summed E-state index contributed by atoms with van der Waals surface area (Å²) < 4.78 is 16.5. The van der Waals surface area contributed by atoms with Crippen molar-refractivity contribution in [2.75, 3.05) is 40.0 Å². The Labute approximate surface area is 158 Å². The van der Waals surface area contributed by atoms with E-state index < -0.39 is 6.10 Å². The molecule has 0 saturated carbocycles. The van der Waals surface area contributed by atoms with Gasteiger partial charge in [-0.3, -0.25) is 0 Å². The number of nitrogens with one attached hydrogen (secondary N) is 1. The number of thiophene rings is 1. The maximum Gasteiger partial charge on any atom is 0.161 e. The smallest absolute Gasteiger partial charge is 0.161 e. The van der Waals surface area contributed by atoms with Gasteiger partial charge in [0.25, 0.3) is 0 Å². The van der Waals surface area contributed by atoms with Crippen molar-refractivity contribution < 1.29 is 19.3 Å². The summed E-state index contributed by atoms with van der Waals surface area (Å²) in [7, 11) is 1.61. The van der Waals surface area contributed by atoms with Gasteiger partial charge in [-0.25, -0.2) is 0 Å². The Morgan fingerprint density at radius 3 is 2.65 bits per heavy atom. The highest BCUT2D eigenvalue weighted by atomic mass is 32.1. The van der Waals surface area contributed by atoms with Gasteiger partial charge in [-0.05, 0) is 36.4 Å². The van der Waals surface area contributed by atoms with Gasteiger partial charge >= 0.3 is 0 Å². The molecular weight excluding hydrogens is 350 g/mol. The Balaban J connectivity index is 1.48. The molecule has 6 heteroatoms. The monoisotopic (exact) mass is 377 g/mol. The van der Waals surface area contributed by atoms with Gasteiger partial charge in [0.1, 0.15) is 12.7 Å². The Morgan fingerprint density at radius 2 is 1.96 bits per heavy atom. The standard InChI is InChI=1S/C20H27NO4S/c1-23-17-5-2-3-6-18(17)25-14-16(22)13-21-15-20(8-10-24-11-9-20)19-7-4-12-26-19/h2-7,12,16,21-22H,8-11,13-15H2,1H3. The third kappa shape index (κ3) is 4.76. The molecule has 0 aliphatic carbocycles. The second-order valence-electron chi connectivity index (χ2n) is 6.62. The zero-order valence-corrected chi connectivity index (χ0v) is 16.0. The predicted octanol–water partition coefficient (Wildman–Crippen LogP) is 2.83. The Hall–Kier alpha value is -1.60. The minimum atomic E-state index is -0.583. The van der Waals surface area contributed by atoms with Crippen LogP contribution >= 0.6 is 11.3 Å². The van der Waals surface area contributed by atoms with Crippen LogP contribution < -0.4 is 14.8 Å². The Morgan fingerprint density at radius 1 is 1.19 bits per heavy atom. The summed E-state index contributed by atoms with van der Waals surface area (Å²) in [5.74, 6) is 1.32. The van der Waals surface area contributed by atoms with E-state index in [1.54, 1.807) is 18.4 Å². The van der Waals surface area contributed by atoms with Crippen molar-refractivity contribution in [3.05, 3.63) is 46.7 Å². The van der Waals surface area contributed by atoms with Crippen molar-refractivity contribution in [3.8, 4) is 11.5 Å². The van der Waals surface area contributed by atoms with Crippen molar-refractivity contribution in [1.82, 2.24) is 5.32 Å². The van der Waals surface area contributed by atoms with Crippen molar-refractivity contribution in [2.24, 2.45) is 0 Å². The van der Waals surface area contributed by atoms with Gasteiger partial charge in [-0.1, -0.05) is 18.2 Å². The third-order valence-electron chi connectivity index (χ3n) is 4.84. The van der Waals surface area contributed by atoms with Gasteiger partial charge in [0.2, 0.25) is 0 Å². The van der Waals surface area contributed by atoms with E-state index in [2.05, 4.69) is 22.8 Å². The first kappa shape index (κ1) is 19.2. The van der Waals surface area contributed by atoms with Crippen LogP contribution in [0.4, 0.5) is 0 Å². The number of hydrogen-bond acceptors (Lipinski definition) is 6. The van der Waals surface area contributed by atoms with Crippen LogP contribution in [-0.2, 0) is 10.2 Å². The average molecular weight is 378 g/mol. The number of para-hydroxylation sites is 2. The van der Waals surface area contributed by atoms with Crippen molar-refractivity contribution in [2.45, 2.75) is 24.4 Å². The normalized spacial score (nSPS) is 17.6. The number of aliphatic hydroxyl groups is 1. The van der Waals surface area contributed by atoms with E-state index >= 15 is 0 Å². The molecule has 1 fully saturated rings. The second kappa shape index (κ2) is 9.37. The van der Waals surface area contributed by atoms with E-state index in [0.29, 0.717) is 18.0 Å². The molecule has 1 aliphatic rings. The highest BCUT2D eigenvalue weighted by molar-refractivity contribution is 7.10. The lowest BCUT2D eigenvalue weighted by molar-refractivity contribution is 0.0481.